The Balaban J connectivity index is 2.29. The number of hydrogen-bond acceptors (Lipinski definition) is 3. The lowest BCUT2D eigenvalue weighted by atomic mass is 10.0. The van der Waals surface area contributed by atoms with Crippen LogP contribution in [0.15, 0.2) is 18.2 Å². The monoisotopic (exact) mass is 334 g/mol. The molecule has 0 saturated heterocycles. The van der Waals surface area contributed by atoms with Crippen molar-refractivity contribution >= 4 is 16.9 Å². The van der Waals surface area contributed by atoms with Gasteiger partial charge in [0.1, 0.15) is 5.82 Å². The van der Waals surface area contributed by atoms with Crippen LogP contribution in [0.3, 0.4) is 0 Å². The number of halogens is 3. The Morgan fingerprint density at radius 1 is 0.958 bits per heavy atom. The van der Waals surface area contributed by atoms with E-state index in [1.54, 1.807) is 13.8 Å². The molecule has 0 aliphatic carbocycles. The number of nitrogens with two attached hydrogens (primary N) is 1. The summed E-state index contributed by atoms with van der Waals surface area (Å²) in [6.07, 6.45) is -4.39. The second-order valence-electron chi connectivity index (χ2n) is 6.03. The molecule has 0 saturated carbocycles. The molecule has 0 aliphatic rings. The van der Waals surface area contributed by atoms with Crippen LogP contribution in [0, 0.1) is 27.7 Å². The van der Waals surface area contributed by atoms with Crippen LogP contribution >= 0.6 is 0 Å². The molecule has 0 radical (unpaired) electrons. The Morgan fingerprint density at radius 2 is 1.54 bits per heavy atom. The number of aryl methyl sites for hydroxylation is 4. The Hall–Kier alpha value is -2.57. The average molecular weight is 334 g/mol. The molecule has 7 heteroatoms. The maximum absolute atomic E-state index is 13.0. The normalized spacial score (nSPS) is 12.1. The van der Waals surface area contributed by atoms with Crippen molar-refractivity contribution in [2.24, 2.45) is 0 Å². The molecule has 4 nitrogen and oxygen atoms in total. The Labute approximate surface area is 137 Å². The predicted octanol–water partition coefficient (Wildman–Crippen LogP) is 4.26. The van der Waals surface area contributed by atoms with Crippen LogP contribution in [0.25, 0.3) is 16.7 Å². The number of pyridine rings is 1. The van der Waals surface area contributed by atoms with Gasteiger partial charge < -0.3 is 5.73 Å². The maximum atomic E-state index is 13.0. The number of nitrogen functional groups attached to an aromatic ring is 1. The maximum Gasteiger partial charge on any atom is 0.416 e. The van der Waals surface area contributed by atoms with Crippen LogP contribution in [-0.4, -0.2) is 14.8 Å². The van der Waals surface area contributed by atoms with Crippen molar-refractivity contribution in [2.45, 2.75) is 33.9 Å². The van der Waals surface area contributed by atoms with Gasteiger partial charge in [0, 0.05) is 5.69 Å². The lowest BCUT2D eigenvalue weighted by molar-refractivity contribution is -0.137. The molecule has 2 N–H and O–H groups in total. The first-order valence-corrected chi connectivity index (χ1v) is 7.41. The van der Waals surface area contributed by atoms with Crippen LogP contribution in [0.1, 0.15) is 27.9 Å². The van der Waals surface area contributed by atoms with Crippen LogP contribution in [0.2, 0.25) is 0 Å². The minimum absolute atomic E-state index is 0.376. The molecule has 2 heterocycles. The number of hydrogen-bond donors (Lipinski definition) is 1. The van der Waals surface area contributed by atoms with Crippen molar-refractivity contribution in [3.63, 3.8) is 0 Å². The molecule has 0 amide bonds. The SMILES string of the molecule is Cc1cc(C)c2c(N)n(-c3c(C)cc(C(F)(F)F)cc3C)nc2n1. The number of nitrogens with zero attached hydrogens (tertiary/aromatic N) is 3. The average Bonchev–Trinajstić information content (AvgIpc) is 2.74. The third-order valence-electron chi connectivity index (χ3n) is 4.03. The third kappa shape index (κ3) is 2.50. The van der Waals surface area contributed by atoms with Gasteiger partial charge in [0.25, 0.3) is 0 Å². The fourth-order valence-corrected chi connectivity index (χ4v) is 3.08. The molecule has 0 atom stereocenters. The van der Waals surface area contributed by atoms with E-state index < -0.39 is 11.7 Å². The molecular formula is C17H17F3N4. The van der Waals surface area contributed by atoms with Gasteiger partial charge in [-0.05, 0) is 62.6 Å². The fraction of sp³-hybridized carbons (Fsp3) is 0.294. The van der Waals surface area contributed by atoms with E-state index in [9.17, 15) is 13.2 Å². The summed E-state index contributed by atoms with van der Waals surface area (Å²) in [5.41, 5.74) is 9.24. The topological polar surface area (TPSA) is 56.7 Å². The second-order valence-corrected chi connectivity index (χ2v) is 6.03. The van der Waals surface area contributed by atoms with Gasteiger partial charge in [0.15, 0.2) is 5.65 Å². The lowest BCUT2D eigenvalue weighted by Crippen LogP contribution is -2.10. The molecule has 0 aliphatic heterocycles. The highest BCUT2D eigenvalue weighted by Gasteiger charge is 2.31. The molecule has 0 spiro atoms. The van der Waals surface area contributed by atoms with Crippen LogP contribution in [0.5, 0.6) is 0 Å². The summed E-state index contributed by atoms with van der Waals surface area (Å²) in [5, 5.41) is 5.14. The van der Waals surface area contributed by atoms with Crippen molar-refractivity contribution in [3.8, 4) is 5.69 Å². The van der Waals surface area contributed by atoms with Gasteiger partial charge in [-0.2, -0.15) is 13.2 Å². The number of aromatic nitrogens is 3. The summed E-state index contributed by atoms with van der Waals surface area (Å²) >= 11 is 0. The number of fused-ring (bicyclic) bond motifs is 1. The number of rotatable bonds is 1. The summed E-state index contributed by atoms with van der Waals surface area (Å²) in [4.78, 5) is 4.37. The predicted molar refractivity (Wildman–Crippen MR) is 87.2 cm³/mol. The van der Waals surface area contributed by atoms with E-state index in [0.29, 0.717) is 28.3 Å². The van der Waals surface area contributed by atoms with Gasteiger partial charge >= 0.3 is 6.18 Å². The highest BCUT2D eigenvalue weighted by molar-refractivity contribution is 5.90. The molecule has 126 valence electrons. The van der Waals surface area contributed by atoms with E-state index in [4.69, 9.17) is 5.73 Å². The Kier molecular flexibility index (Phi) is 3.55. The van der Waals surface area contributed by atoms with Crippen molar-refractivity contribution < 1.29 is 13.2 Å². The van der Waals surface area contributed by atoms with Crippen molar-refractivity contribution in [1.29, 1.82) is 0 Å². The van der Waals surface area contributed by atoms with E-state index >= 15 is 0 Å². The standard InChI is InChI=1S/C17H17F3N4/c1-8-5-11(4)22-16-13(8)15(21)24(23-16)14-9(2)6-12(7-10(14)3)17(18,19)20/h5-7H,21H2,1-4H3. The second kappa shape index (κ2) is 5.22. The smallest absolute Gasteiger partial charge is 0.383 e. The van der Waals surface area contributed by atoms with Crippen molar-refractivity contribution in [2.75, 3.05) is 5.73 Å². The highest BCUT2D eigenvalue weighted by Crippen LogP contribution is 2.35. The van der Waals surface area contributed by atoms with Gasteiger partial charge in [-0.1, -0.05) is 0 Å². The van der Waals surface area contributed by atoms with Gasteiger partial charge in [-0.25, -0.2) is 9.67 Å². The summed E-state index contributed by atoms with van der Waals surface area (Å²) in [6.45, 7) is 7.01. The Morgan fingerprint density at radius 3 is 2.08 bits per heavy atom. The fourth-order valence-electron chi connectivity index (χ4n) is 3.08. The van der Waals surface area contributed by atoms with Gasteiger partial charge in [0.2, 0.25) is 0 Å². The first kappa shape index (κ1) is 16.3. The lowest BCUT2D eigenvalue weighted by Gasteiger charge is -2.15. The molecule has 0 unspecified atom stereocenters. The number of benzene rings is 1. The van der Waals surface area contributed by atoms with Crippen LogP contribution in [-0.2, 0) is 6.18 Å². The van der Waals surface area contributed by atoms with E-state index in [-0.39, 0.29) is 0 Å². The Bertz CT molecular complexity index is 932. The summed E-state index contributed by atoms with van der Waals surface area (Å²) in [7, 11) is 0. The summed E-state index contributed by atoms with van der Waals surface area (Å²) in [6, 6.07) is 4.12. The molecule has 1 aromatic carbocycles. The third-order valence-corrected chi connectivity index (χ3v) is 4.03. The van der Waals surface area contributed by atoms with E-state index in [2.05, 4.69) is 10.1 Å². The first-order valence-electron chi connectivity index (χ1n) is 7.41. The molecular weight excluding hydrogens is 317 g/mol. The minimum atomic E-state index is -4.39. The van der Waals surface area contributed by atoms with Crippen molar-refractivity contribution in [1.82, 2.24) is 14.8 Å². The van der Waals surface area contributed by atoms with E-state index in [0.717, 1.165) is 28.8 Å². The first-order chi connectivity index (χ1) is 11.1. The van der Waals surface area contributed by atoms with Crippen molar-refractivity contribution in [3.05, 3.63) is 46.1 Å². The zero-order chi connectivity index (χ0) is 17.8. The van der Waals surface area contributed by atoms with Gasteiger partial charge in [0.05, 0.1) is 16.6 Å². The zero-order valence-electron chi connectivity index (χ0n) is 13.8. The summed E-state index contributed by atoms with van der Waals surface area (Å²) in [5.74, 6) is 0.376. The van der Waals surface area contributed by atoms with E-state index in [1.807, 2.05) is 19.9 Å². The van der Waals surface area contributed by atoms with Gasteiger partial charge in [-0.3, -0.25) is 0 Å². The largest absolute Gasteiger partial charge is 0.416 e. The molecule has 0 fully saturated rings. The van der Waals surface area contributed by atoms with Gasteiger partial charge in [-0.15, -0.1) is 5.10 Å². The quantitative estimate of drug-likeness (QED) is 0.723. The van der Waals surface area contributed by atoms with Crippen LogP contribution in [0.4, 0.5) is 19.0 Å². The minimum Gasteiger partial charge on any atom is -0.383 e. The molecule has 2 aromatic heterocycles. The summed E-state index contributed by atoms with van der Waals surface area (Å²) < 4.78 is 40.4. The number of alkyl halides is 3. The molecule has 0 bridgehead atoms. The molecule has 3 aromatic rings. The molecule has 3 rings (SSSR count). The van der Waals surface area contributed by atoms with Crippen LogP contribution < -0.4 is 5.73 Å². The van der Waals surface area contributed by atoms with E-state index in [1.165, 1.54) is 4.68 Å². The number of anilines is 1. The highest BCUT2D eigenvalue weighted by atomic mass is 19.4. The molecule has 24 heavy (non-hydrogen) atoms. The zero-order valence-corrected chi connectivity index (χ0v) is 13.8.